The molecule has 0 fully saturated rings. The Bertz CT molecular complexity index is 1130. The first-order valence-corrected chi connectivity index (χ1v) is 8.42. The molecule has 3 aromatic heterocycles. The number of aryl methyl sites for hydroxylation is 1. The lowest BCUT2D eigenvalue weighted by atomic mass is 10.0. The molecule has 0 N–H and O–H groups in total. The van der Waals surface area contributed by atoms with Crippen molar-refractivity contribution < 1.29 is 4.74 Å². The van der Waals surface area contributed by atoms with Gasteiger partial charge in [-0.2, -0.15) is 14.7 Å². The fraction of sp³-hybridized carbons (Fsp3) is 0.150. The number of aromatic nitrogens is 4. The number of hydrogen-bond donors (Lipinski definition) is 0. The van der Waals surface area contributed by atoms with Crippen molar-refractivity contribution in [1.29, 1.82) is 0 Å². The number of hydrogen-bond acceptors (Lipinski definition) is 4. The highest BCUT2D eigenvalue weighted by atomic mass is 16.5. The van der Waals surface area contributed by atoms with Crippen molar-refractivity contribution in [2.45, 2.75) is 13.5 Å². The molecule has 0 bridgehead atoms. The van der Waals surface area contributed by atoms with Gasteiger partial charge in [0.25, 0.3) is 5.56 Å². The molecular weight excluding hydrogens is 328 g/mol. The molecule has 0 unspecified atom stereocenters. The Morgan fingerprint density at radius 3 is 2.50 bits per heavy atom. The normalized spacial score (nSPS) is 11.0. The zero-order valence-electron chi connectivity index (χ0n) is 14.6. The summed E-state index contributed by atoms with van der Waals surface area (Å²) >= 11 is 0. The van der Waals surface area contributed by atoms with Crippen molar-refractivity contribution in [3.05, 3.63) is 71.0 Å². The molecule has 1 aromatic carbocycles. The van der Waals surface area contributed by atoms with Crippen LogP contribution in [0.1, 0.15) is 6.92 Å². The number of rotatable bonds is 4. The summed E-state index contributed by atoms with van der Waals surface area (Å²) in [5.74, 6) is 0.634. The maximum atomic E-state index is 12.0. The zero-order chi connectivity index (χ0) is 18.1. The van der Waals surface area contributed by atoms with Gasteiger partial charge in [0, 0.05) is 24.2 Å². The van der Waals surface area contributed by atoms with Gasteiger partial charge in [0.1, 0.15) is 5.69 Å². The van der Waals surface area contributed by atoms with Crippen LogP contribution in [0, 0.1) is 0 Å². The first kappa shape index (κ1) is 16.1. The maximum absolute atomic E-state index is 12.0. The van der Waals surface area contributed by atoms with E-state index in [2.05, 4.69) is 5.10 Å². The molecule has 6 heteroatoms. The molecule has 0 saturated carbocycles. The Morgan fingerprint density at radius 2 is 1.77 bits per heavy atom. The number of benzene rings is 1. The van der Waals surface area contributed by atoms with Crippen LogP contribution in [0.2, 0.25) is 0 Å². The zero-order valence-corrected chi connectivity index (χ0v) is 14.6. The molecule has 4 aromatic rings. The maximum Gasteiger partial charge on any atom is 0.266 e. The Hall–Kier alpha value is -3.41. The van der Waals surface area contributed by atoms with Gasteiger partial charge in [-0.1, -0.05) is 36.4 Å². The van der Waals surface area contributed by atoms with Crippen LogP contribution in [0.4, 0.5) is 0 Å². The van der Waals surface area contributed by atoms with Crippen molar-refractivity contribution in [3.63, 3.8) is 0 Å². The first-order valence-electron chi connectivity index (χ1n) is 8.42. The van der Waals surface area contributed by atoms with E-state index in [0.29, 0.717) is 18.1 Å². The molecule has 0 spiro atoms. The summed E-state index contributed by atoms with van der Waals surface area (Å²) < 4.78 is 8.67. The van der Waals surface area contributed by atoms with Gasteiger partial charge in [-0.15, -0.1) is 0 Å². The number of methoxy groups -OCH3 is 1. The summed E-state index contributed by atoms with van der Waals surface area (Å²) in [5, 5.41) is 9.31. The lowest BCUT2D eigenvalue weighted by molar-refractivity contribution is 0.386. The van der Waals surface area contributed by atoms with Gasteiger partial charge < -0.3 is 4.74 Å². The Labute approximate surface area is 150 Å². The van der Waals surface area contributed by atoms with E-state index in [4.69, 9.17) is 9.84 Å². The first-order chi connectivity index (χ1) is 12.7. The van der Waals surface area contributed by atoms with Crippen LogP contribution >= 0.6 is 0 Å². The van der Waals surface area contributed by atoms with Crippen LogP contribution in [-0.2, 0) is 6.54 Å². The average Bonchev–Trinajstić information content (AvgIpc) is 3.08. The standard InChI is InChI=1S/C20H18N4O2/c1-3-23-17(25)13-12-15(21-23)19-16-10-7-11-18(26-2)24(16)22-20(19)14-8-5-4-6-9-14/h4-13H,3H2,1-2H3. The fourth-order valence-electron chi connectivity index (χ4n) is 3.06. The van der Waals surface area contributed by atoms with Gasteiger partial charge in [-0.05, 0) is 19.1 Å². The van der Waals surface area contributed by atoms with Crippen LogP contribution in [0.5, 0.6) is 5.88 Å². The van der Waals surface area contributed by atoms with Gasteiger partial charge in [0.2, 0.25) is 5.88 Å². The molecule has 0 radical (unpaired) electrons. The summed E-state index contributed by atoms with van der Waals surface area (Å²) in [6.45, 7) is 2.41. The molecule has 0 atom stereocenters. The monoisotopic (exact) mass is 346 g/mol. The minimum Gasteiger partial charge on any atom is -0.481 e. The minimum atomic E-state index is -0.119. The van der Waals surface area contributed by atoms with Crippen LogP contribution in [0.15, 0.2) is 65.5 Å². The van der Waals surface area contributed by atoms with E-state index in [1.165, 1.54) is 4.68 Å². The van der Waals surface area contributed by atoms with Crippen molar-refractivity contribution in [3.8, 4) is 28.4 Å². The lowest BCUT2D eigenvalue weighted by Gasteiger charge is -2.06. The SMILES string of the molecule is CCn1nc(-c2c(-c3ccccc3)nn3c(OC)cccc23)ccc1=O. The van der Waals surface area contributed by atoms with Crippen molar-refractivity contribution in [2.75, 3.05) is 7.11 Å². The summed E-state index contributed by atoms with van der Waals surface area (Å²) in [6.07, 6.45) is 0. The van der Waals surface area contributed by atoms with Crippen molar-refractivity contribution >= 4 is 5.52 Å². The third-order valence-corrected chi connectivity index (χ3v) is 4.30. The van der Waals surface area contributed by atoms with Crippen molar-refractivity contribution in [2.24, 2.45) is 0 Å². The van der Waals surface area contributed by atoms with Gasteiger partial charge in [0.05, 0.1) is 23.9 Å². The Balaban J connectivity index is 2.08. The van der Waals surface area contributed by atoms with Gasteiger partial charge in [-0.3, -0.25) is 4.79 Å². The summed E-state index contributed by atoms with van der Waals surface area (Å²) in [4.78, 5) is 12.0. The Morgan fingerprint density at radius 1 is 0.962 bits per heavy atom. The molecular formula is C20H18N4O2. The van der Waals surface area contributed by atoms with Crippen LogP contribution in [-0.4, -0.2) is 26.5 Å². The third kappa shape index (κ3) is 2.56. The van der Waals surface area contributed by atoms with E-state index in [1.54, 1.807) is 23.8 Å². The average molecular weight is 346 g/mol. The number of nitrogens with zero attached hydrogens (tertiary/aromatic N) is 4. The highest BCUT2D eigenvalue weighted by Crippen LogP contribution is 2.35. The summed E-state index contributed by atoms with van der Waals surface area (Å²) in [7, 11) is 1.62. The highest BCUT2D eigenvalue weighted by Gasteiger charge is 2.19. The summed E-state index contributed by atoms with van der Waals surface area (Å²) in [6, 6.07) is 19.0. The van der Waals surface area contributed by atoms with Crippen LogP contribution in [0.25, 0.3) is 28.0 Å². The molecule has 0 aliphatic rings. The molecule has 0 amide bonds. The van der Waals surface area contributed by atoms with Crippen molar-refractivity contribution in [1.82, 2.24) is 19.4 Å². The number of pyridine rings is 1. The highest BCUT2D eigenvalue weighted by molar-refractivity contribution is 5.90. The molecule has 6 nitrogen and oxygen atoms in total. The topological polar surface area (TPSA) is 61.4 Å². The van der Waals surface area contributed by atoms with E-state index in [1.807, 2.05) is 55.5 Å². The molecule has 130 valence electrons. The van der Waals surface area contributed by atoms with E-state index in [0.717, 1.165) is 22.3 Å². The van der Waals surface area contributed by atoms with Crippen LogP contribution < -0.4 is 10.3 Å². The molecule has 3 heterocycles. The second kappa shape index (κ2) is 6.48. The minimum absolute atomic E-state index is 0.119. The van der Waals surface area contributed by atoms with Gasteiger partial charge >= 0.3 is 0 Å². The van der Waals surface area contributed by atoms with E-state index in [9.17, 15) is 4.79 Å². The molecule has 26 heavy (non-hydrogen) atoms. The molecule has 0 aliphatic heterocycles. The molecule has 4 rings (SSSR count). The lowest BCUT2D eigenvalue weighted by Crippen LogP contribution is -2.21. The smallest absolute Gasteiger partial charge is 0.266 e. The number of fused-ring (bicyclic) bond motifs is 1. The van der Waals surface area contributed by atoms with Gasteiger partial charge in [0.15, 0.2) is 0 Å². The van der Waals surface area contributed by atoms with Gasteiger partial charge in [-0.25, -0.2) is 4.68 Å². The van der Waals surface area contributed by atoms with E-state index < -0.39 is 0 Å². The Kier molecular flexibility index (Phi) is 4.01. The largest absolute Gasteiger partial charge is 0.481 e. The molecule has 0 saturated heterocycles. The number of ether oxygens (including phenoxy) is 1. The fourth-order valence-corrected chi connectivity index (χ4v) is 3.06. The predicted molar refractivity (Wildman–Crippen MR) is 100 cm³/mol. The predicted octanol–water partition coefficient (Wildman–Crippen LogP) is 3.25. The summed E-state index contributed by atoms with van der Waals surface area (Å²) in [5.41, 5.74) is 4.10. The third-order valence-electron chi connectivity index (χ3n) is 4.30. The van der Waals surface area contributed by atoms with Crippen LogP contribution in [0.3, 0.4) is 0 Å². The molecule has 0 aliphatic carbocycles. The van der Waals surface area contributed by atoms with E-state index in [-0.39, 0.29) is 5.56 Å². The quantitative estimate of drug-likeness (QED) is 0.569. The second-order valence-corrected chi connectivity index (χ2v) is 5.83. The second-order valence-electron chi connectivity index (χ2n) is 5.83. The van der Waals surface area contributed by atoms with E-state index >= 15 is 0 Å².